The molecule has 0 atom stereocenters. The Morgan fingerprint density at radius 1 is 0.912 bits per heavy atom. The zero-order valence-corrected chi connectivity index (χ0v) is 21.6. The molecule has 1 heterocycles. The van der Waals surface area contributed by atoms with Crippen LogP contribution in [0.5, 0.6) is 5.75 Å². The zero-order chi connectivity index (χ0) is 24.4. The van der Waals surface area contributed by atoms with Crippen molar-refractivity contribution in [3.8, 4) is 5.75 Å². The summed E-state index contributed by atoms with van der Waals surface area (Å²) in [5, 5.41) is 2.26. The van der Waals surface area contributed by atoms with Crippen LogP contribution in [0.2, 0.25) is 0 Å². The van der Waals surface area contributed by atoms with Crippen LogP contribution in [0.25, 0.3) is 6.08 Å². The third-order valence-corrected chi connectivity index (χ3v) is 6.30. The minimum atomic E-state index is -0.774. The minimum Gasteiger partial charge on any atom is -0.487 e. The number of carbonyl (C=O) groups excluding carboxylic acids is 3. The van der Waals surface area contributed by atoms with Crippen molar-refractivity contribution >= 4 is 61.5 Å². The number of hydrogen-bond acceptors (Lipinski definition) is 4. The quantitative estimate of drug-likeness (QED) is 0.292. The van der Waals surface area contributed by atoms with Crippen LogP contribution in [0.1, 0.15) is 22.3 Å². The van der Waals surface area contributed by atoms with Crippen LogP contribution in [-0.4, -0.2) is 17.8 Å². The Balaban J connectivity index is 1.63. The van der Waals surface area contributed by atoms with Gasteiger partial charge < -0.3 is 4.74 Å². The summed E-state index contributed by atoms with van der Waals surface area (Å²) in [7, 11) is 0. The highest BCUT2D eigenvalue weighted by Gasteiger charge is 2.37. The number of halogens is 2. The number of carbonyl (C=O) groups is 3. The summed E-state index contributed by atoms with van der Waals surface area (Å²) in [5.41, 5.74) is 3.67. The fraction of sp³-hybridized carbons (Fsp3) is 0.115. The Bertz CT molecular complexity index is 1290. The van der Waals surface area contributed by atoms with Gasteiger partial charge >= 0.3 is 6.03 Å². The van der Waals surface area contributed by atoms with Crippen LogP contribution in [0, 0.1) is 13.8 Å². The highest BCUT2D eigenvalue weighted by Crippen LogP contribution is 2.36. The maximum Gasteiger partial charge on any atom is 0.335 e. The average molecular weight is 584 g/mol. The summed E-state index contributed by atoms with van der Waals surface area (Å²) in [6.07, 6.45) is 1.45. The van der Waals surface area contributed by atoms with E-state index in [9.17, 15) is 14.4 Å². The third kappa shape index (κ3) is 5.13. The number of hydrogen-bond donors (Lipinski definition) is 1. The van der Waals surface area contributed by atoms with E-state index in [1.165, 1.54) is 6.08 Å². The largest absolute Gasteiger partial charge is 0.487 e. The van der Waals surface area contributed by atoms with Gasteiger partial charge in [0, 0.05) is 0 Å². The molecule has 1 aliphatic heterocycles. The lowest BCUT2D eigenvalue weighted by Gasteiger charge is -2.27. The van der Waals surface area contributed by atoms with Crippen LogP contribution in [0.3, 0.4) is 0 Å². The van der Waals surface area contributed by atoms with Crippen molar-refractivity contribution in [2.45, 2.75) is 20.5 Å². The molecule has 4 rings (SSSR count). The van der Waals surface area contributed by atoms with Crippen molar-refractivity contribution in [3.63, 3.8) is 0 Å². The van der Waals surface area contributed by atoms with Crippen LogP contribution in [0.15, 0.2) is 75.2 Å². The molecule has 0 aromatic heterocycles. The molecule has 0 bridgehead atoms. The maximum atomic E-state index is 13.2. The van der Waals surface area contributed by atoms with Gasteiger partial charge in [0.1, 0.15) is 17.9 Å². The first-order valence-corrected chi connectivity index (χ1v) is 12.0. The van der Waals surface area contributed by atoms with Crippen molar-refractivity contribution in [2.75, 3.05) is 4.90 Å². The van der Waals surface area contributed by atoms with E-state index in [-0.39, 0.29) is 5.57 Å². The number of nitrogens with one attached hydrogen (secondary N) is 1. The minimum absolute atomic E-state index is 0.143. The molecule has 1 aliphatic rings. The van der Waals surface area contributed by atoms with E-state index in [2.05, 4.69) is 37.2 Å². The molecule has 1 fully saturated rings. The topological polar surface area (TPSA) is 75.7 Å². The Hall–Kier alpha value is -3.23. The molecule has 3 aromatic rings. The first-order chi connectivity index (χ1) is 16.2. The summed E-state index contributed by atoms with van der Waals surface area (Å²) in [6, 6.07) is 17.9. The normalized spacial score (nSPS) is 15.0. The van der Waals surface area contributed by atoms with Crippen molar-refractivity contribution in [3.05, 3.63) is 97.4 Å². The number of benzene rings is 3. The average Bonchev–Trinajstić information content (AvgIpc) is 2.76. The number of rotatable bonds is 5. The Kier molecular flexibility index (Phi) is 7.00. The molecule has 3 aromatic carbocycles. The number of ether oxygens (including phenoxy) is 1. The van der Waals surface area contributed by atoms with Crippen LogP contribution < -0.4 is 15.0 Å². The van der Waals surface area contributed by atoms with Crippen LogP contribution >= 0.6 is 31.9 Å². The molecular formula is C26H20Br2N2O4. The van der Waals surface area contributed by atoms with Gasteiger partial charge in [-0.2, -0.15) is 0 Å². The van der Waals surface area contributed by atoms with Crippen LogP contribution in [-0.2, 0) is 16.2 Å². The number of anilines is 1. The molecule has 172 valence electrons. The van der Waals surface area contributed by atoms with E-state index in [0.717, 1.165) is 21.6 Å². The van der Waals surface area contributed by atoms with E-state index >= 15 is 0 Å². The molecule has 4 amide bonds. The molecule has 0 radical (unpaired) electrons. The van der Waals surface area contributed by atoms with Gasteiger partial charge in [-0.1, -0.05) is 36.4 Å². The summed E-state index contributed by atoms with van der Waals surface area (Å²) in [6.45, 7) is 4.13. The first-order valence-electron chi connectivity index (χ1n) is 10.4. The summed E-state index contributed by atoms with van der Waals surface area (Å²) in [4.78, 5) is 39.2. The van der Waals surface area contributed by atoms with E-state index in [1.807, 2.05) is 50.2 Å². The summed E-state index contributed by atoms with van der Waals surface area (Å²) in [5.74, 6) is -0.833. The fourth-order valence-electron chi connectivity index (χ4n) is 3.67. The van der Waals surface area contributed by atoms with Crippen molar-refractivity contribution in [2.24, 2.45) is 0 Å². The molecule has 0 unspecified atom stereocenters. The second-order valence-corrected chi connectivity index (χ2v) is 9.60. The zero-order valence-electron chi connectivity index (χ0n) is 18.4. The van der Waals surface area contributed by atoms with Crippen molar-refractivity contribution in [1.29, 1.82) is 0 Å². The lowest BCUT2D eigenvalue weighted by atomic mass is 10.1. The first kappa shape index (κ1) is 23.9. The number of aryl methyl sites for hydroxylation is 2. The lowest BCUT2D eigenvalue weighted by Crippen LogP contribution is -2.54. The number of imide groups is 2. The van der Waals surface area contributed by atoms with Crippen molar-refractivity contribution < 1.29 is 19.1 Å². The van der Waals surface area contributed by atoms with E-state index < -0.39 is 17.8 Å². The van der Waals surface area contributed by atoms with E-state index in [1.54, 1.807) is 24.3 Å². The van der Waals surface area contributed by atoms with Crippen LogP contribution in [0.4, 0.5) is 10.5 Å². The van der Waals surface area contributed by atoms with E-state index in [4.69, 9.17) is 4.74 Å². The fourth-order valence-corrected chi connectivity index (χ4v) is 5.12. The molecule has 6 nitrogen and oxygen atoms in total. The highest BCUT2D eigenvalue weighted by atomic mass is 79.9. The van der Waals surface area contributed by atoms with Gasteiger partial charge in [0.15, 0.2) is 0 Å². The molecule has 0 saturated carbocycles. The summed E-state index contributed by atoms with van der Waals surface area (Å²) < 4.78 is 7.24. The third-order valence-electron chi connectivity index (χ3n) is 5.12. The van der Waals surface area contributed by atoms with Gasteiger partial charge in [0.05, 0.1) is 14.6 Å². The molecular weight excluding hydrogens is 564 g/mol. The van der Waals surface area contributed by atoms with Gasteiger partial charge in [-0.05, 0) is 98.3 Å². The standard InChI is InChI=1S/C26H20Br2N2O4/c1-15-8-16(2)10-19(9-15)30-25(32)20(24(31)29-26(30)33)11-18-12-21(27)23(22(28)13-18)34-14-17-6-4-3-5-7-17/h3-13H,14H2,1-2H3,(H,29,31,33)/b20-11+. The monoisotopic (exact) mass is 582 g/mol. The second-order valence-electron chi connectivity index (χ2n) is 7.89. The van der Waals surface area contributed by atoms with Crippen molar-refractivity contribution in [1.82, 2.24) is 5.32 Å². The molecule has 1 N–H and O–H groups in total. The maximum absolute atomic E-state index is 13.2. The Morgan fingerprint density at radius 3 is 2.15 bits per heavy atom. The lowest BCUT2D eigenvalue weighted by molar-refractivity contribution is -0.122. The predicted octanol–water partition coefficient (Wildman–Crippen LogP) is 6.07. The van der Waals surface area contributed by atoms with Gasteiger partial charge in [0.25, 0.3) is 11.8 Å². The van der Waals surface area contributed by atoms with Gasteiger partial charge in [-0.15, -0.1) is 0 Å². The Labute approximate surface area is 213 Å². The number of barbiturate groups is 1. The highest BCUT2D eigenvalue weighted by molar-refractivity contribution is 9.11. The molecule has 0 spiro atoms. The molecule has 8 heteroatoms. The number of urea groups is 1. The number of amides is 4. The van der Waals surface area contributed by atoms with E-state index in [0.29, 0.717) is 32.6 Å². The van der Waals surface area contributed by atoms with Gasteiger partial charge in [-0.3, -0.25) is 14.9 Å². The molecule has 0 aliphatic carbocycles. The molecule has 1 saturated heterocycles. The van der Waals surface area contributed by atoms with Gasteiger partial charge in [-0.25, -0.2) is 9.69 Å². The second kappa shape index (κ2) is 9.95. The summed E-state index contributed by atoms with van der Waals surface area (Å²) >= 11 is 7.01. The SMILES string of the molecule is Cc1cc(C)cc(N2C(=O)NC(=O)/C(=C\c3cc(Br)c(OCc4ccccc4)c(Br)c3)C2=O)c1. The van der Waals surface area contributed by atoms with Gasteiger partial charge in [0.2, 0.25) is 0 Å². The smallest absolute Gasteiger partial charge is 0.335 e. The predicted molar refractivity (Wildman–Crippen MR) is 138 cm³/mol. The molecule has 34 heavy (non-hydrogen) atoms. The Morgan fingerprint density at radius 2 is 1.53 bits per heavy atom. The number of nitrogens with zero attached hydrogens (tertiary/aromatic N) is 1.